The molecule has 2 N–H and O–H groups in total. The summed E-state index contributed by atoms with van der Waals surface area (Å²) in [5.41, 5.74) is -0.676. The normalized spacial score (nSPS) is 26.7. The fraction of sp³-hybridized carbons (Fsp3) is 0.529. The van der Waals surface area contributed by atoms with Gasteiger partial charge in [0.15, 0.2) is 0 Å². The maximum atomic E-state index is 13.5. The molecule has 0 bridgehead atoms. The smallest absolute Gasteiger partial charge is 0.255 e. The molecule has 2 atom stereocenters. The van der Waals surface area contributed by atoms with Crippen LogP contribution in [0.4, 0.5) is 4.39 Å². The molecule has 1 spiro atoms. The van der Waals surface area contributed by atoms with Crippen molar-refractivity contribution >= 4 is 11.8 Å². The molecule has 7 heteroatoms. The van der Waals surface area contributed by atoms with Crippen molar-refractivity contribution < 1.29 is 18.7 Å². The monoisotopic (exact) mass is 335 g/mol. The number of ether oxygens (including phenoxy) is 1. The van der Waals surface area contributed by atoms with Crippen LogP contribution in [-0.2, 0) is 4.79 Å². The molecule has 1 aromatic carbocycles. The first kappa shape index (κ1) is 16.7. The van der Waals surface area contributed by atoms with Crippen LogP contribution in [0.2, 0.25) is 0 Å². The van der Waals surface area contributed by atoms with E-state index in [1.165, 1.54) is 12.1 Å². The number of hydrogen-bond donors (Lipinski definition) is 2. The summed E-state index contributed by atoms with van der Waals surface area (Å²) < 4.78 is 19.3. The van der Waals surface area contributed by atoms with E-state index in [-0.39, 0.29) is 24.1 Å². The van der Waals surface area contributed by atoms with Crippen LogP contribution in [0.5, 0.6) is 5.75 Å². The third-order valence-electron chi connectivity index (χ3n) is 4.49. The molecule has 1 saturated heterocycles. The lowest BCUT2D eigenvalue weighted by Gasteiger charge is -2.33. The fourth-order valence-electron chi connectivity index (χ4n) is 3.48. The number of fused-ring (bicyclic) bond motifs is 1. The first-order chi connectivity index (χ1) is 11.3. The van der Waals surface area contributed by atoms with E-state index in [0.717, 1.165) is 6.07 Å². The van der Waals surface area contributed by atoms with Crippen molar-refractivity contribution in [2.75, 3.05) is 26.7 Å². The van der Waals surface area contributed by atoms with Crippen molar-refractivity contribution in [1.29, 1.82) is 0 Å². The summed E-state index contributed by atoms with van der Waals surface area (Å²) >= 11 is 0. The van der Waals surface area contributed by atoms with Crippen LogP contribution in [0.3, 0.4) is 0 Å². The van der Waals surface area contributed by atoms with Gasteiger partial charge in [0.1, 0.15) is 18.2 Å². The number of rotatable bonds is 2. The minimum absolute atomic E-state index is 0.00847. The third-order valence-corrected chi connectivity index (χ3v) is 4.49. The summed E-state index contributed by atoms with van der Waals surface area (Å²) in [6.45, 7) is 4.96. The standard InChI is InChI=1S/C17H22FN3O3/c1-10(2)19-16(23)13-7-21(3)8-17(13)9-24-14-5-4-11(18)6-12(14)15(22)20-17/h4-6,10,13H,7-9H2,1-3H3,(H,19,23)(H,20,22)/t13-,17-/m0/s1. The van der Waals surface area contributed by atoms with Gasteiger partial charge >= 0.3 is 0 Å². The van der Waals surface area contributed by atoms with Crippen LogP contribution in [0.1, 0.15) is 24.2 Å². The molecule has 0 radical (unpaired) electrons. The first-order valence-corrected chi connectivity index (χ1v) is 8.04. The minimum atomic E-state index is -0.833. The Bertz CT molecular complexity index is 679. The minimum Gasteiger partial charge on any atom is -0.490 e. The van der Waals surface area contributed by atoms with E-state index in [1.54, 1.807) is 0 Å². The summed E-state index contributed by atoms with van der Waals surface area (Å²) in [5.74, 6) is -1.13. The predicted molar refractivity (Wildman–Crippen MR) is 86.4 cm³/mol. The molecule has 130 valence electrons. The van der Waals surface area contributed by atoms with E-state index in [4.69, 9.17) is 4.74 Å². The number of benzene rings is 1. The van der Waals surface area contributed by atoms with Crippen molar-refractivity contribution in [2.24, 2.45) is 5.92 Å². The topological polar surface area (TPSA) is 70.7 Å². The second-order valence-electron chi connectivity index (χ2n) is 6.95. The highest BCUT2D eigenvalue weighted by atomic mass is 19.1. The zero-order chi connectivity index (χ0) is 17.5. The van der Waals surface area contributed by atoms with Crippen molar-refractivity contribution in [2.45, 2.75) is 25.4 Å². The van der Waals surface area contributed by atoms with Crippen LogP contribution >= 0.6 is 0 Å². The van der Waals surface area contributed by atoms with Crippen LogP contribution in [-0.4, -0.2) is 55.0 Å². The second kappa shape index (κ2) is 6.05. The summed E-state index contributed by atoms with van der Waals surface area (Å²) in [6, 6.07) is 3.87. The van der Waals surface area contributed by atoms with Gasteiger partial charge in [0.2, 0.25) is 5.91 Å². The number of hydrogen-bond acceptors (Lipinski definition) is 4. The summed E-state index contributed by atoms with van der Waals surface area (Å²) in [6.07, 6.45) is 0. The zero-order valence-electron chi connectivity index (χ0n) is 14.1. The van der Waals surface area contributed by atoms with Gasteiger partial charge in [-0.3, -0.25) is 9.59 Å². The zero-order valence-corrected chi connectivity index (χ0v) is 14.1. The lowest BCUT2D eigenvalue weighted by atomic mass is 9.86. The SMILES string of the molecule is CC(C)NC(=O)[C@@H]1CN(C)C[C@]12COc1ccc(F)cc1C(=O)N2. The average molecular weight is 335 g/mol. The maximum Gasteiger partial charge on any atom is 0.255 e. The van der Waals surface area contributed by atoms with Gasteiger partial charge in [-0.2, -0.15) is 0 Å². The lowest BCUT2D eigenvalue weighted by molar-refractivity contribution is -0.127. The molecule has 2 aliphatic heterocycles. The predicted octanol–water partition coefficient (Wildman–Crippen LogP) is 0.773. The Morgan fingerprint density at radius 3 is 2.96 bits per heavy atom. The van der Waals surface area contributed by atoms with Gasteiger partial charge in [-0.25, -0.2) is 4.39 Å². The van der Waals surface area contributed by atoms with Crippen molar-refractivity contribution in [1.82, 2.24) is 15.5 Å². The molecule has 2 heterocycles. The summed E-state index contributed by atoms with van der Waals surface area (Å²) in [5, 5.41) is 5.85. The van der Waals surface area contributed by atoms with Crippen LogP contribution in [0, 0.1) is 11.7 Å². The van der Waals surface area contributed by atoms with E-state index in [2.05, 4.69) is 10.6 Å². The Morgan fingerprint density at radius 1 is 1.50 bits per heavy atom. The molecule has 6 nitrogen and oxygen atoms in total. The average Bonchev–Trinajstić information content (AvgIpc) is 2.74. The van der Waals surface area contributed by atoms with Crippen LogP contribution in [0.15, 0.2) is 18.2 Å². The number of carbonyl (C=O) groups is 2. The Labute approximate surface area is 140 Å². The van der Waals surface area contributed by atoms with Gasteiger partial charge in [-0.15, -0.1) is 0 Å². The van der Waals surface area contributed by atoms with Crippen molar-refractivity contribution in [3.8, 4) is 5.75 Å². The maximum absolute atomic E-state index is 13.5. The first-order valence-electron chi connectivity index (χ1n) is 8.04. The lowest BCUT2D eigenvalue weighted by Crippen LogP contribution is -2.60. The molecular weight excluding hydrogens is 313 g/mol. The number of likely N-dealkylation sites (N-methyl/N-ethyl adjacent to an activating group) is 1. The quantitative estimate of drug-likeness (QED) is 0.838. The Hall–Kier alpha value is -2.15. The second-order valence-corrected chi connectivity index (χ2v) is 6.95. The number of nitrogens with one attached hydrogen (secondary N) is 2. The molecule has 0 aromatic heterocycles. The van der Waals surface area contributed by atoms with E-state index in [0.29, 0.717) is 18.8 Å². The van der Waals surface area contributed by atoms with E-state index < -0.39 is 23.2 Å². The Morgan fingerprint density at radius 2 is 2.25 bits per heavy atom. The van der Waals surface area contributed by atoms with Crippen LogP contribution in [0.25, 0.3) is 0 Å². The van der Waals surface area contributed by atoms with Gasteiger partial charge in [0.05, 0.1) is 17.0 Å². The molecule has 0 unspecified atom stereocenters. The van der Waals surface area contributed by atoms with E-state index in [9.17, 15) is 14.0 Å². The van der Waals surface area contributed by atoms with Gasteiger partial charge in [0.25, 0.3) is 5.91 Å². The largest absolute Gasteiger partial charge is 0.490 e. The molecule has 3 rings (SSSR count). The van der Waals surface area contributed by atoms with Crippen molar-refractivity contribution in [3.05, 3.63) is 29.6 Å². The molecule has 2 amide bonds. The molecule has 0 aliphatic carbocycles. The van der Waals surface area contributed by atoms with Crippen molar-refractivity contribution in [3.63, 3.8) is 0 Å². The highest BCUT2D eigenvalue weighted by Gasteiger charge is 2.52. The molecule has 0 saturated carbocycles. The summed E-state index contributed by atoms with van der Waals surface area (Å²) in [7, 11) is 1.90. The highest BCUT2D eigenvalue weighted by Crippen LogP contribution is 2.33. The van der Waals surface area contributed by atoms with Crippen LogP contribution < -0.4 is 15.4 Å². The van der Waals surface area contributed by atoms with Gasteiger partial charge in [0, 0.05) is 19.1 Å². The molecule has 1 fully saturated rings. The van der Waals surface area contributed by atoms with E-state index in [1.807, 2.05) is 25.8 Å². The number of carbonyl (C=O) groups excluding carboxylic acids is 2. The highest BCUT2D eigenvalue weighted by molar-refractivity contribution is 5.98. The molecule has 2 aliphatic rings. The number of halogens is 1. The van der Waals surface area contributed by atoms with Gasteiger partial charge in [-0.05, 0) is 39.1 Å². The third kappa shape index (κ3) is 2.96. The molecule has 24 heavy (non-hydrogen) atoms. The Balaban J connectivity index is 1.92. The van der Waals surface area contributed by atoms with Gasteiger partial charge < -0.3 is 20.3 Å². The fourth-order valence-corrected chi connectivity index (χ4v) is 3.48. The molecular formula is C17H22FN3O3. The number of likely N-dealkylation sites (tertiary alicyclic amines) is 1. The molecule has 1 aromatic rings. The number of amides is 2. The number of nitrogens with zero attached hydrogens (tertiary/aromatic N) is 1. The van der Waals surface area contributed by atoms with E-state index >= 15 is 0 Å². The summed E-state index contributed by atoms with van der Waals surface area (Å²) in [4.78, 5) is 27.2. The van der Waals surface area contributed by atoms with Gasteiger partial charge in [-0.1, -0.05) is 0 Å². The Kier molecular flexibility index (Phi) is 4.21.